The third-order valence-electron chi connectivity index (χ3n) is 4.38. The minimum Gasteiger partial charge on any atom is -0.461 e. The molecule has 0 saturated carbocycles. The molecule has 2 atom stereocenters. The number of alkyl halides is 9. The molecule has 1 amide bonds. The van der Waals surface area contributed by atoms with Crippen molar-refractivity contribution in [2.75, 3.05) is 20.0 Å². The maximum atomic E-state index is 13.6. The van der Waals surface area contributed by atoms with E-state index >= 15 is 0 Å². The summed E-state index contributed by atoms with van der Waals surface area (Å²) < 4.78 is 121. The number of nitrogens with zero attached hydrogens (tertiary/aromatic N) is 4. The fourth-order valence-electron chi connectivity index (χ4n) is 3.01. The summed E-state index contributed by atoms with van der Waals surface area (Å²) >= 11 is 0. The molecular formula is C15H12F9N5O2. The minimum atomic E-state index is -5.89. The van der Waals surface area contributed by atoms with Crippen molar-refractivity contribution >= 4 is 18.3 Å². The minimum absolute atomic E-state index is 0.227. The van der Waals surface area contributed by atoms with Crippen molar-refractivity contribution in [3.8, 4) is 0 Å². The quantitative estimate of drug-likeness (QED) is 0.634. The first-order valence-electron chi connectivity index (χ1n) is 8.34. The van der Waals surface area contributed by atoms with Gasteiger partial charge >= 0.3 is 18.3 Å². The molecule has 0 bridgehead atoms. The van der Waals surface area contributed by atoms with Gasteiger partial charge in [0.1, 0.15) is 24.2 Å². The number of carbonyl (C=O) groups is 1. The first kappa shape index (κ1) is 22.7. The average molecular weight is 465 g/mol. The fourth-order valence-corrected chi connectivity index (χ4v) is 3.01. The average Bonchev–Trinajstić information content (AvgIpc) is 3.07. The van der Waals surface area contributed by atoms with E-state index in [9.17, 15) is 44.3 Å². The van der Waals surface area contributed by atoms with Gasteiger partial charge in [0.15, 0.2) is 0 Å². The van der Waals surface area contributed by atoms with Crippen LogP contribution in [0.15, 0.2) is 33.3 Å². The van der Waals surface area contributed by atoms with Crippen LogP contribution < -0.4 is 5.32 Å². The number of halogens is 9. The van der Waals surface area contributed by atoms with Crippen molar-refractivity contribution in [3.05, 3.63) is 23.1 Å². The van der Waals surface area contributed by atoms with Crippen molar-refractivity contribution in [3.63, 3.8) is 0 Å². The number of amides is 1. The Morgan fingerprint density at radius 3 is 2.39 bits per heavy atom. The highest BCUT2D eigenvalue weighted by Crippen LogP contribution is 2.39. The lowest BCUT2D eigenvalue weighted by Crippen LogP contribution is -2.55. The molecule has 172 valence electrons. The van der Waals surface area contributed by atoms with Crippen LogP contribution in [-0.4, -0.2) is 72.7 Å². The van der Waals surface area contributed by atoms with Gasteiger partial charge in [-0.2, -0.15) is 45.3 Å². The normalized spacial score (nSPS) is 24.4. The van der Waals surface area contributed by atoms with E-state index in [0.29, 0.717) is 11.2 Å². The smallest absolute Gasteiger partial charge is 0.455 e. The Hall–Kier alpha value is -2.94. The Balaban J connectivity index is 1.88. The summed E-state index contributed by atoms with van der Waals surface area (Å²) in [5, 5.41) is 9.67. The van der Waals surface area contributed by atoms with E-state index < -0.39 is 67.5 Å². The molecule has 0 radical (unpaired) electrons. The predicted molar refractivity (Wildman–Crippen MR) is 85.0 cm³/mol. The Morgan fingerprint density at radius 1 is 1.13 bits per heavy atom. The highest BCUT2D eigenvalue weighted by molar-refractivity contribution is 6.00. The zero-order valence-corrected chi connectivity index (χ0v) is 15.0. The zero-order chi connectivity index (χ0) is 23.2. The van der Waals surface area contributed by atoms with Crippen LogP contribution in [0.4, 0.5) is 39.5 Å². The molecular weight excluding hydrogens is 453 g/mol. The van der Waals surface area contributed by atoms with Crippen molar-refractivity contribution in [2.24, 2.45) is 16.1 Å². The van der Waals surface area contributed by atoms with Crippen LogP contribution in [-0.2, 0) is 9.53 Å². The summed E-state index contributed by atoms with van der Waals surface area (Å²) in [6, 6.07) is 0. The van der Waals surface area contributed by atoms with Crippen LogP contribution >= 0.6 is 0 Å². The van der Waals surface area contributed by atoms with E-state index in [4.69, 9.17) is 0 Å². The second kappa shape index (κ2) is 7.64. The van der Waals surface area contributed by atoms with Gasteiger partial charge in [0, 0.05) is 24.8 Å². The Labute approximate surface area is 167 Å². The van der Waals surface area contributed by atoms with Gasteiger partial charge in [-0.25, -0.2) is 9.40 Å². The molecule has 0 saturated heterocycles. The maximum Gasteiger partial charge on any atom is 0.455 e. The second-order valence-electron chi connectivity index (χ2n) is 6.51. The molecule has 1 N–H and O–H groups in total. The third-order valence-corrected chi connectivity index (χ3v) is 4.38. The second-order valence-corrected chi connectivity index (χ2v) is 6.51. The monoisotopic (exact) mass is 465 g/mol. The summed E-state index contributed by atoms with van der Waals surface area (Å²) in [5.41, 5.74) is -2.52. The molecule has 0 aromatic carbocycles. The fraction of sp³-hybridized carbons (Fsp3) is 0.533. The highest BCUT2D eigenvalue weighted by atomic mass is 19.4. The first-order valence-corrected chi connectivity index (χ1v) is 8.34. The van der Waals surface area contributed by atoms with Crippen LogP contribution in [0.25, 0.3) is 0 Å². The van der Waals surface area contributed by atoms with E-state index in [1.807, 2.05) is 5.32 Å². The SMILES string of the molecule is O=C1C(C2C=NN(CC(F)(F)C(F)(F)F)C2)=C(C(F)(F)F)NC2C=C(OCF)C=NN12. The number of fused-ring (bicyclic) bond motifs is 1. The summed E-state index contributed by atoms with van der Waals surface area (Å²) in [5.74, 6) is -8.26. The molecule has 0 fully saturated rings. The number of carbonyl (C=O) groups excluding carboxylic acids is 1. The third kappa shape index (κ3) is 4.41. The lowest BCUT2D eigenvalue weighted by Gasteiger charge is -2.37. The lowest BCUT2D eigenvalue weighted by atomic mass is 9.94. The van der Waals surface area contributed by atoms with Crippen molar-refractivity contribution in [1.82, 2.24) is 15.3 Å². The molecule has 3 aliphatic heterocycles. The zero-order valence-electron chi connectivity index (χ0n) is 15.0. The van der Waals surface area contributed by atoms with E-state index in [1.54, 1.807) is 0 Å². The topological polar surface area (TPSA) is 69.5 Å². The van der Waals surface area contributed by atoms with Crippen LogP contribution in [0.2, 0.25) is 0 Å². The Bertz CT molecular complexity index is 862. The van der Waals surface area contributed by atoms with Crippen LogP contribution in [0.5, 0.6) is 0 Å². The standard InChI is InChI=1S/C15H12F9N5O2/c16-6-31-8-1-9-27-11(14(19,20)21)10(12(30)29(9)26-3-8)7-2-25-28(4-7)5-13(17,18)15(22,23)24/h1-3,7,9,27H,4-6H2. The summed E-state index contributed by atoms with van der Waals surface area (Å²) in [6.07, 6.45) is -10.0. The number of hydrogen-bond acceptors (Lipinski definition) is 6. The molecule has 0 aliphatic carbocycles. The van der Waals surface area contributed by atoms with Crippen molar-refractivity contribution < 1.29 is 49.0 Å². The van der Waals surface area contributed by atoms with Gasteiger partial charge in [0.25, 0.3) is 5.91 Å². The predicted octanol–water partition coefficient (Wildman–Crippen LogP) is 2.50. The van der Waals surface area contributed by atoms with Gasteiger partial charge in [-0.3, -0.25) is 9.80 Å². The van der Waals surface area contributed by atoms with Gasteiger partial charge in [-0.1, -0.05) is 0 Å². The summed E-state index contributed by atoms with van der Waals surface area (Å²) in [4.78, 5) is 12.7. The molecule has 7 nitrogen and oxygen atoms in total. The van der Waals surface area contributed by atoms with Gasteiger partial charge in [-0.15, -0.1) is 0 Å². The molecule has 0 aromatic rings. The van der Waals surface area contributed by atoms with E-state index in [-0.39, 0.29) is 10.8 Å². The maximum absolute atomic E-state index is 13.6. The van der Waals surface area contributed by atoms with Gasteiger partial charge in [0.05, 0.1) is 11.8 Å². The molecule has 2 unspecified atom stereocenters. The Kier molecular flexibility index (Phi) is 5.60. The Morgan fingerprint density at radius 2 is 1.81 bits per heavy atom. The highest BCUT2D eigenvalue weighted by Gasteiger charge is 2.59. The molecule has 31 heavy (non-hydrogen) atoms. The summed E-state index contributed by atoms with van der Waals surface area (Å²) in [7, 11) is 0. The summed E-state index contributed by atoms with van der Waals surface area (Å²) in [6.45, 7) is -4.07. The van der Waals surface area contributed by atoms with E-state index in [1.165, 1.54) is 0 Å². The number of hydrazone groups is 2. The van der Waals surface area contributed by atoms with Crippen molar-refractivity contribution in [1.29, 1.82) is 0 Å². The molecule has 3 heterocycles. The molecule has 0 aromatic heterocycles. The number of rotatable bonds is 5. The van der Waals surface area contributed by atoms with E-state index in [0.717, 1.165) is 12.3 Å². The molecule has 16 heteroatoms. The molecule has 3 aliphatic rings. The van der Waals surface area contributed by atoms with Gasteiger partial charge < -0.3 is 10.1 Å². The van der Waals surface area contributed by atoms with Gasteiger partial charge in [-0.05, 0) is 0 Å². The molecule has 0 spiro atoms. The number of hydrogen-bond donors (Lipinski definition) is 1. The largest absolute Gasteiger partial charge is 0.461 e. The number of allylic oxidation sites excluding steroid dienone is 2. The van der Waals surface area contributed by atoms with Crippen LogP contribution in [0.1, 0.15) is 0 Å². The molecule has 3 rings (SSSR count). The number of ether oxygens (including phenoxy) is 1. The van der Waals surface area contributed by atoms with Crippen LogP contribution in [0, 0.1) is 5.92 Å². The van der Waals surface area contributed by atoms with E-state index in [2.05, 4.69) is 14.9 Å². The first-order chi connectivity index (χ1) is 14.2. The number of nitrogens with one attached hydrogen (secondary N) is 1. The lowest BCUT2D eigenvalue weighted by molar-refractivity contribution is -0.286. The van der Waals surface area contributed by atoms with Crippen molar-refractivity contribution in [2.45, 2.75) is 24.4 Å². The van der Waals surface area contributed by atoms with Gasteiger partial charge in [0.2, 0.25) is 6.86 Å². The van der Waals surface area contributed by atoms with Crippen LogP contribution in [0.3, 0.4) is 0 Å².